The van der Waals surface area contributed by atoms with Crippen LogP contribution in [0.5, 0.6) is 0 Å². The van der Waals surface area contributed by atoms with Crippen LogP contribution < -0.4 is 21.7 Å². The molecule has 0 radical (unpaired) electrons. The molecule has 0 fully saturated rings. The van der Waals surface area contributed by atoms with E-state index >= 15 is 0 Å². The number of carboxylic acid groups (broad SMARTS) is 2. The van der Waals surface area contributed by atoms with Gasteiger partial charge in [0.2, 0.25) is 17.7 Å². The van der Waals surface area contributed by atoms with E-state index in [-0.39, 0.29) is 31.1 Å². The molecule has 0 aliphatic carbocycles. The molecule has 0 rings (SSSR count). The molecule has 196 valence electrons. The van der Waals surface area contributed by atoms with Crippen LogP contribution in [0, 0.1) is 11.8 Å². The van der Waals surface area contributed by atoms with Crippen LogP contribution in [0.4, 0.5) is 0 Å². The largest absolute Gasteiger partial charge is 0.481 e. The molecular weight excluding hydrogens is 464 g/mol. The molecular formula is C22H40N4O7S. The number of aliphatic carboxylic acids is 2. The van der Waals surface area contributed by atoms with Crippen LogP contribution in [0.3, 0.4) is 0 Å². The van der Waals surface area contributed by atoms with Crippen molar-refractivity contribution in [2.45, 2.75) is 84.0 Å². The number of carbonyl (C=O) groups is 5. The number of nitrogens with one attached hydrogen (secondary N) is 3. The summed E-state index contributed by atoms with van der Waals surface area (Å²) in [5, 5.41) is 26.0. The summed E-state index contributed by atoms with van der Waals surface area (Å²) < 4.78 is 0. The van der Waals surface area contributed by atoms with Crippen LogP contribution in [0.1, 0.15) is 59.8 Å². The molecule has 12 heteroatoms. The van der Waals surface area contributed by atoms with Crippen molar-refractivity contribution in [2.24, 2.45) is 17.6 Å². The van der Waals surface area contributed by atoms with Crippen molar-refractivity contribution in [1.29, 1.82) is 0 Å². The van der Waals surface area contributed by atoms with Gasteiger partial charge in [-0.2, -0.15) is 11.8 Å². The lowest BCUT2D eigenvalue weighted by atomic mass is 9.97. The van der Waals surface area contributed by atoms with Gasteiger partial charge >= 0.3 is 11.9 Å². The first-order valence-corrected chi connectivity index (χ1v) is 12.8. The van der Waals surface area contributed by atoms with Gasteiger partial charge in [0.1, 0.15) is 18.1 Å². The second-order valence-corrected chi connectivity index (χ2v) is 9.77. The standard InChI is InChI=1S/C22H40N4O7S/c1-6-13(4)18(21(31)25-16(22(32)33)9-10-34-5)26-20(30)15(7-8-17(27)28)24-19(29)14(23)11-12(2)3/h12-16,18H,6-11,23H2,1-5H3,(H,24,29)(H,25,31)(H,26,30)(H,27,28)(H,32,33). The molecule has 7 N–H and O–H groups in total. The summed E-state index contributed by atoms with van der Waals surface area (Å²) in [4.78, 5) is 60.9. The summed E-state index contributed by atoms with van der Waals surface area (Å²) in [6.07, 6.45) is 2.35. The third kappa shape index (κ3) is 12.2. The molecule has 5 atom stereocenters. The van der Waals surface area contributed by atoms with E-state index in [9.17, 15) is 29.1 Å². The fourth-order valence-corrected chi connectivity index (χ4v) is 3.61. The summed E-state index contributed by atoms with van der Waals surface area (Å²) in [5.41, 5.74) is 5.88. The van der Waals surface area contributed by atoms with Crippen molar-refractivity contribution >= 4 is 41.4 Å². The lowest BCUT2D eigenvalue weighted by Crippen LogP contribution is -2.58. The Morgan fingerprint density at radius 2 is 1.47 bits per heavy atom. The van der Waals surface area contributed by atoms with Gasteiger partial charge in [-0.05, 0) is 43.1 Å². The highest BCUT2D eigenvalue weighted by atomic mass is 32.2. The molecule has 0 saturated heterocycles. The van der Waals surface area contributed by atoms with Crippen LogP contribution in [0.25, 0.3) is 0 Å². The van der Waals surface area contributed by atoms with Crippen molar-refractivity contribution in [2.75, 3.05) is 12.0 Å². The third-order valence-corrected chi connectivity index (χ3v) is 6.00. The highest BCUT2D eigenvalue weighted by molar-refractivity contribution is 7.98. The van der Waals surface area contributed by atoms with E-state index < -0.39 is 53.8 Å². The van der Waals surface area contributed by atoms with Crippen molar-refractivity contribution in [3.8, 4) is 0 Å². The predicted molar refractivity (Wildman–Crippen MR) is 130 cm³/mol. The number of nitrogens with two attached hydrogens (primary N) is 1. The highest BCUT2D eigenvalue weighted by Crippen LogP contribution is 2.11. The molecule has 3 amide bonds. The zero-order valence-electron chi connectivity index (χ0n) is 20.6. The summed E-state index contributed by atoms with van der Waals surface area (Å²) >= 11 is 1.44. The summed E-state index contributed by atoms with van der Waals surface area (Å²) in [6.45, 7) is 7.32. The van der Waals surface area contributed by atoms with Crippen LogP contribution in [0.2, 0.25) is 0 Å². The summed E-state index contributed by atoms with van der Waals surface area (Å²) in [6, 6.07) is -4.27. The minimum atomic E-state index is -1.21. The molecule has 0 aromatic rings. The van der Waals surface area contributed by atoms with Gasteiger partial charge in [0, 0.05) is 6.42 Å². The molecule has 11 nitrogen and oxygen atoms in total. The number of hydrogen-bond acceptors (Lipinski definition) is 7. The number of thioether (sulfide) groups is 1. The molecule has 5 unspecified atom stereocenters. The van der Waals surface area contributed by atoms with E-state index in [0.717, 1.165) is 0 Å². The molecule has 0 bridgehead atoms. The topological polar surface area (TPSA) is 188 Å². The van der Waals surface area contributed by atoms with Crippen molar-refractivity contribution in [3.63, 3.8) is 0 Å². The average molecular weight is 505 g/mol. The lowest BCUT2D eigenvalue weighted by molar-refractivity contribution is -0.142. The quantitative estimate of drug-likeness (QED) is 0.164. The Balaban J connectivity index is 5.57. The minimum Gasteiger partial charge on any atom is -0.481 e. The van der Waals surface area contributed by atoms with Crippen LogP contribution in [-0.4, -0.2) is 76.0 Å². The number of rotatable bonds is 17. The first-order valence-electron chi connectivity index (χ1n) is 11.4. The monoisotopic (exact) mass is 504 g/mol. The van der Waals surface area contributed by atoms with E-state index in [1.165, 1.54) is 11.8 Å². The molecule has 0 saturated carbocycles. The first kappa shape index (κ1) is 31.7. The normalized spacial score (nSPS) is 15.5. The average Bonchev–Trinajstić information content (AvgIpc) is 2.75. The Bertz CT molecular complexity index is 705. The maximum atomic E-state index is 13.0. The van der Waals surface area contributed by atoms with Gasteiger partial charge < -0.3 is 31.9 Å². The lowest BCUT2D eigenvalue weighted by Gasteiger charge is -2.28. The fraction of sp³-hybridized carbons (Fsp3) is 0.773. The predicted octanol–water partition coefficient (Wildman–Crippen LogP) is 0.563. The van der Waals surface area contributed by atoms with Gasteiger partial charge in [-0.15, -0.1) is 0 Å². The Morgan fingerprint density at radius 3 is 1.94 bits per heavy atom. The van der Waals surface area contributed by atoms with E-state index in [4.69, 9.17) is 10.8 Å². The van der Waals surface area contributed by atoms with E-state index in [1.54, 1.807) is 6.92 Å². The molecule has 0 spiro atoms. The number of carboxylic acids is 2. The van der Waals surface area contributed by atoms with Crippen molar-refractivity contribution in [1.82, 2.24) is 16.0 Å². The number of amides is 3. The maximum absolute atomic E-state index is 13.0. The van der Waals surface area contributed by atoms with E-state index in [2.05, 4.69) is 16.0 Å². The molecule has 0 aliphatic heterocycles. The SMILES string of the molecule is CCC(C)C(NC(=O)C(CCC(=O)O)NC(=O)C(N)CC(C)C)C(=O)NC(CCSC)C(=O)O. The second kappa shape index (κ2) is 16.3. The molecule has 0 aromatic carbocycles. The number of hydrogen-bond donors (Lipinski definition) is 6. The molecule has 0 heterocycles. The maximum Gasteiger partial charge on any atom is 0.326 e. The molecule has 34 heavy (non-hydrogen) atoms. The van der Waals surface area contributed by atoms with Gasteiger partial charge in [-0.1, -0.05) is 34.1 Å². The van der Waals surface area contributed by atoms with Crippen LogP contribution in [-0.2, 0) is 24.0 Å². The molecule has 0 aromatic heterocycles. The molecule has 0 aliphatic rings. The van der Waals surface area contributed by atoms with E-state index in [0.29, 0.717) is 18.6 Å². The summed E-state index contributed by atoms with van der Waals surface area (Å²) in [7, 11) is 0. The van der Waals surface area contributed by atoms with E-state index in [1.807, 2.05) is 27.0 Å². The Morgan fingerprint density at radius 1 is 0.882 bits per heavy atom. The fourth-order valence-electron chi connectivity index (χ4n) is 3.14. The Hall–Kier alpha value is -2.34. The van der Waals surface area contributed by atoms with Crippen LogP contribution >= 0.6 is 11.8 Å². The van der Waals surface area contributed by atoms with Gasteiger partial charge in [-0.25, -0.2) is 4.79 Å². The van der Waals surface area contributed by atoms with Crippen molar-refractivity contribution < 1.29 is 34.2 Å². The van der Waals surface area contributed by atoms with Gasteiger partial charge in [-0.3, -0.25) is 19.2 Å². The zero-order chi connectivity index (χ0) is 26.4. The van der Waals surface area contributed by atoms with Gasteiger partial charge in [0.05, 0.1) is 6.04 Å². The highest BCUT2D eigenvalue weighted by Gasteiger charge is 2.32. The third-order valence-electron chi connectivity index (χ3n) is 5.36. The number of carbonyl (C=O) groups excluding carboxylic acids is 3. The Labute approximate surface area is 205 Å². The van der Waals surface area contributed by atoms with Crippen molar-refractivity contribution in [3.05, 3.63) is 0 Å². The first-order chi connectivity index (χ1) is 15.8. The van der Waals surface area contributed by atoms with Gasteiger partial charge in [0.25, 0.3) is 0 Å². The smallest absolute Gasteiger partial charge is 0.326 e. The Kier molecular flexibility index (Phi) is 15.2. The van der Waals surface area contributed by atoms with Crippen LogP contribution in [0.15, 0.2) is 0 Å². The second-order valence-electron chi connectivity index (χ2n) is 8.78. The van der Waals surface area contributed by atoms with Gasteiger partial charge in [0.15, 0.2) is 0 Å². The summed E-state index contributed by atoms with van der Waals surface area (Å²) in [5.74, 6) is -3.99. The minimum absolute atomic E-state index is 0.138. The zero-order valence-corrected chi connectivity index (χ0v) is 21.4.